The minimum Gasteiger partial charge on any atom is -0.487 e. The Morgan fingerprint density at radius 1 is 0.903 bits per heavy atom. The van der Waals surface area contributed by atoms with Crippen molar-refractivity contribution in [1.29, 1.82) is 0 Å². The molecule has 0 atom stereocenters. The highest BCUT2D eigenvalue weighted by molar-refractivity contribution is 5.77. The van der Waals surface area contributed by atoms with E-state index in [1.54, 1.807) is 18.2 Å². The van der Waals surface area contributed by atoms with Gasteiger partial charge in [0.2, 0.25) is 0 Å². The van der Waals surface area contributed by atoms with Crippen LogP contribution in [0.3, 0.4) is 0 Å². The Kier molecular flexibility index (Phi) is 7.02. The highest BCUT2D eigenvalue weighted by Crippen LogP contribution is 2.25. The van der Waals surface area contributed by atoms with Gasteiger partial charge in [-0.25, -0.2) is 8.78 Å². The summed E-state index contributed by atoms with van der Waals surface area (Å²) in [5.41, 5.74) is 0. The lowest BCUT2D eigenvalue weighted by atomic mass is 9.99. The number of benzene rings is 2. The molecule has 0 spiro atoms. The molecule has 5 nitrogen and oxygen atoms in total. The van der Waals surface area contributed by atoms with Crippen molar-refractivity contribution in [3.8, 4) is 11.5 Å². The van der Waals surface area contributed by atoms with E-state index in [4.69, 9.17) is 9.47 Å². The van der Waals surface area contributed by atoms with E-state index in [1.807, 2.05) is 4.90 Å². The normalized spacial score (nSPS) is 18.7. The lowest BCUT2D eigenvalue weighted by molar-refractivity contribution is -0.135. The summed E-state index contributed by atoms with van der Waals surface area (Å²) < 4.78 is 38.1. The zero-order chi connectivity index (χ0) is 21.6. The number of hydrogen-bond donors (Lipinski definition) is 0. The van der Waals surface area contributed by atoms with Crippen LogP contribution in [0.2, 0.25) is 0 Å². The van der Waals surface area contributed by atoms with Crippen molar-refractivity contribution in [1.82, 2.24) is 9.80 Å². The maximum atomic E-state index is 13.8. The largest absolute Gasteiger partial charge is 0.487 e. The molecule has 2 aliphatic rings. The topological polar surface area (TPSA) is 42.0 Å². The van der Waals surface area contributed by atoms with Gasteiger partial charge in [0.1, 0.15) is 17.7 Å². The number of halogens is 2. The molecule has 2 aromatic rings. The summed E-state index contributed by atoms with van der Waals surface area (Å²) in [6.07, 6.45) is 3.65. The third-order valence-electron chi connectivity index (χ3n) is 6.12. The summed E-state index contributed by atoms with van der Waals surface area (Å²) in [6, 6.07) is 12.7. The quantitative estimate of drug-likeness (QED) is 0.698. The zero-order valence-corrected chi connectivity index (χ0v) is 17.5. The van der Waals surface area contributed by atoms with E-state index in [-0.39, 0.29) is 30.3 Å². The third kappa shape index (κ3) is 5.73. The van der Waals surface area contributed by atoms with Crippen LogP contribution in [0.1, 0.15) is 25.7 Å². The third-order valence-corrected chi connectivity index (χ3v) is 6.12. The van der Waals surface area contributed by atoms with Crippen LogP contribution in [-0.4, -0.2) is 60.6 Å². The highest BCUT2D eigenvalue weighted by Gasteiger charge is 2.30. The molecule has 0 radical (unpaired) electrons. The van der Waals surface area contributed by atoms with Crippen LogP contribution in [0.15, 0.2) is 48.5 Å². The van der Waals surface area contributed by atoms with Crippen molar-refractivity contribution in [2.75, 3.05) is 32.8 Å². The van der Waals surface area contributed by atoms with Gasteiger partial charge in [0, 0.05) is 32.2 Å². The first-order chi connectivity index (χ1) is 15.1. The minimum atomic E-state index is -0.330. The number of ether oxygens (including phenoxy) is 2. The van der Waals surface area contributed by atoms with E-state index in [1.165, 1.54) is 30.3 Å². The molecular weight excluding hydrogens is 402 g/mol. The monoisotopic (exact) mass is 430 g/mol. The molecule has 0 aromatic heterocycles. The molecule has 2 aromatic carbocycles. The van der Waals surface area contributed by atoms with Crippen molar-refractivity contribution >= 4 is 5.91 Å². The molecule has 0 aliphatic carbocycles. The fourth-order valence-electron chi connectivity index (χ4n) is 4.33. The molecular formula is C24H28F2N2O3. The fourth-order valence-corrected chi connectivity index (χ4v) is 4.33. The summed E-state index contributed by atoms with van der Waals surface area (Å²) in [5, 5.41) is 0. The van der Waals surface area contributed by atoms with Crippen molar-refractivity contribution in [2.45, 2.75) is 37.8 Å². The van der Waals surface area contributed by atoms with Crippen molar-refractivity contribution in [2.24, 2.45) is 0 Å². The van der Waals surface area contributed by atoms with Crippen molar-refractivity contribution < 1.29 is 23.0 Å². The van der Waals surface area contributed by atoms with Crippen LogP contribution >= 0.6 is 0 Å². The number of carbonyl (C=O) groups is 1. The average molecular weight is 430 g/mol. The lowest BCUT2D eigenvalue weighted by Crippen LogP contribution is -2.50. The molecule has 166 valence electrons. The molecule has 1 amide bonds. The lowest BCUT2D eigenvalue weighted by Gasteiger charge is -2.41. The molecule has 0 bridgehead atoms. The molecule has 2 aliphatic heterocycles. The van der Waals surface area contributed by atoms with Crippen molar-refractivity contribution in [3.05, 3.63) is 60.2 Å². The molecule has 0 N–H and O–H groups in total. The Labute approximate surface area is 181 Å². The standard InChI is InChI=1S/C24H28F2N2O3/c25-18-5-7-20(8-6-18)30-17-24(29)28-13-9-19(10-14-28)27-15-11-21(12-16-27)31-23-4-2-1-3-22(23)26/h1-8,19,21H,9-17H2. The number of hydrogen-bond acceptors (Lipinski definition) is 4. The van der Waals surface area contributed by atoms with Crippen LogP contribution in [0.25, 0.3) is 0 Å². The van der Waals surface area contributed by atoms with Gasteiger partial charge in [-0.1, -0.05) is 12.1 Å². The van der Waals surface area contributed by atoms with E-state index in [9.17, 15) is 13.6 Å². The van der Waals surface area contributed by atoms with Crippen LogP contribution in [0.4, 0.5) is 8.78 Å². The van der Waals surface area contributed by atoms with Crippen molar-refractivity contribution in [3.63, 3.8) is 0 Å². The number of carbonyl (C=O) groups excluding carboxylic acids is 1. The second kappa shape index (κ2) is 10.1. The van der Waals surface area contributed by atoms with E-state index in [2.05, 4.69) is 4.90 Å². The Balaban J connectivity index is 1.17. The van der Waals surface area contributed by atoms with E-state index >= 15 is 0 Å². The first kappa shape index (κ1) is 21.6. The van der Waals surface area contributed by atoms with Crippen LogP contribution < -0.4 is 9.47 Å². The summed E-state index contributed by atoms with van der Waals surface area (Å²) in [4.78, 5) is 16.7. The molecule has 2 fully saturated rings. The molecule has 2 saturated heterocycles. The van der Waals surface area contributed by atoms with Gasteiger partial charge < -0.3 is 14.4 Å². The smallest absolute Gasteiger partial charge is 0.260 e. The van der Waals surface area contributed by atoms with E-state index in [0.717, 1.165) is 38.8 Å². The van der Waals surface area contributed by atoms with Crippen LogP contribution in [0.5, 0.6) is 11.5 Å². The Morgan fingerprint density at radius 3 is 2.26 bits per heavy atom. The minimum absolute atomic E-state index is 0.0327. The summed E-state index contributed by atoms with van der Waals surface area (Å²) in [6.45, 7) is 3.23. The second-order valence-electron chi connectivity index (χ2n) is 8.14. The van der Waals surface area contributed by atoms with E-state index in [0.29, 0.717) is 30.6 Å². The molecule has 7 heteroatoms. The van der Waals surface area contributed by atoms with Gasteiger partial charge in [-0.15, -0.1) is 0 Å². The van der Waals surface area contributed by atoms with Gasteiger partial charge in [0.25, 0.3) is 5.91 Å². The number of rotatable bonds is 6. The van der Waals surface area contributed by atoms with Gasteiger partial charge in [-0.05, 0) is 62.1 Å². The summed E-state index contributed by atoms with van der Waals surface area (Å²) in [7, 11) is 0. The van der Waals surface area contributed by atoms with Gasteiger partial charge in [0.05, 0.1) is 0 Å². The van der Waals surface area contributed by atoms with Gasteiger partial charge >= 0.3 is 0 Å². The van der Waals surface area contributed by atoms with Crippen LogP contribution in [-0.2, 0) is 4.79 Å². The fraction of sp³-hybridized carbons (Fsp3) is 0.458. The number of nitrogens with zero attached hydrogens (tertiary/aromatic N) is 2. The number of para-hydroxylation sites is 1. The molecule has 4 rings (SSSR count). The SMILES string of the molecule is O=C(COc1ccc(F)cc1)N1CCC(N2CCC(Oc3ccccc3F)CC2)CC1. The number of piperidine rings is 2. The predicted octanol–water partition coefficient (Wildman–Crippen LogP) is 3.88. The summed E-state index contributed by atoms with van der Waals surface area (Å²) >= 11 is 0. The Bertz CT molecular complexity index is 861. The predicted molar refractivity (Wildman–Crippen MR) is 113 cm³/mol. The maximum Gasteiger partial charge on any atom is 0.260 e. The molecule has 0 unspecified atom stereocenters. The number of amides is 1. The molecule has 0 saturated carbocycles. The van der Waals surface area contributed by atoms with Gasteiger partial charge in [0.15, 0.2) is 18.2 Å². The Hall–Kier alpha value is -2.67. The second-order valence-corrected chi connectivity index (χ2v) is 8.14. The first-order valence-electron chi connectivity index (χ1n) is 10.9. The van der Waals surface area contributed by atoms with Gasteiger partial charge in [-0.3, -0.25) is 9.69 Å². The molecule has 31 heavy (non-hydrogen) atoms. The van der Waals surface area contributed by atoms with E-state index < -0.39 is 0 Å². The Morgan fingerprint density at radius 2 is 1.58 bits per heavy atom. The molecule has 2 heterocycles. The zero-order valence-electron chi connectivity index (χ0n) is 17.5. The summed E-state index contributed by atoms with van der Waals surface area (Å²) in [5.74, 6) is 0.134. The number of likely N-dealkylation sites (tertiary alicyclic amines) is 2. The first-order valence-corrected chi connectivity index (χ1v) is 10.9. The average Bonchev–Trinajstić information content (AvgIpc) is 2.81. The highest BCUT2D eigenvalue weighted by atomic mass is 19.1. The van der Waals surface area contributed by atoms with Crippen LogP contribution in [0, 0.1) is 11.6 Å². The van der Waals surface area contributed by atoms with Gasteiger partial charge in [-0.2, -0.15) is 0 Å². The maximum absolute atomic E-state index is 13.8.